The SMILES string of the molecule is Cl.OCCN1CCN(CCc2ccc(O)c3ncccc23)CC1. The molecule has 0 saturated carbocycles. The van der Waals surface area contributed by atoms with Gasteiger partial charge in [-0.1, -0.05) is 12.1 Å². The van der Waals surface area contributed by atoms with Crippen molar-refractivity contribution in [3.8, 4) is 5.75 Å². The molecule has 0 unspecified atom stereocenters. The summed E-state index contributed by atoms with van der Waals surface area (Å²) in [4.78, 5) is 9.04. The van der Waals surface area contributed by atoms with Crippen LogP contribution in [0.3, 0.4) is 0 Å². The fourth-order valence-corrected chi connectivity index (χ4v) is 3.09. The van der Waals surface area contributed by atoms with Gasteiger partial charge in [0.2, 0.25) is 0 Å². The molecule has 0 amide bonds. The lowest BCUT2D eigenvalue weighted by Gasteiger charge is -2.34. The first kappa shape index (κ1) is 17.9. The normalized spacial score (nSPS) is 16.4. The second-order valence-electron chi connectivity index (χ2n) is 5.80. The minimum atomic E-state index is 0. The van der Waals surface area contributed by atoms with Gasteiger partial charge in [-0.3, -0.25) is 9.88 Å². The quantitative estimate of drug-likeness (QED) is 0.866. The van der Waals surface area contributed by atoms with E-state index in [1.807, 2.05) is 18.2 Å². The molecule has 1 fully saturated rings. The molecule has 2 aromatic rings. The van der Waals surface area contributed by atoms with Crippen LogP contribution in [0.5, 0.6) is 5.75 Å². The Morgan fingerprint density at radius 3 is 2.39 bits per heavy atom. The van der Waals surface area contributed by atoms with Crippen LogP contribution in [0, 0.1) is 0 Å². The van der Waals surface area contributed by atoms with Gasteiger partial charge in [0.15, 0.2) is 0 Å². The van der Waals surface area contributed by atoms with E-state index < -0.39 is 0 Å². The van der Waals surface area contributed by atoms with E-state index in [-0.39, 0.29) is 24.8 Å². The van der Waals surface area contributed by atoms with Crippen LogP contribution in [0.15, 0.2) is 30.5 Å². The molecule has 23 heavy (non-hydrogen) atoms. The number of nitrogens with zero attached hydrogens (tertiary/aromatic N) is 3. The highest BCUT2D eigenvalue weighted by Gasteiger charge is 2.16. The Labute approximate surface area is 143 Å². The number of pyridine rings is 1. The number of hydrogen-bond donors (Lipinski definition) is 2. The molecule has 1 aromatic carbocycles. The van der Waals surface area contributed by atoms with Crippen LogP contribution in [0.2, 0.25) is 0 Å². The number of halogens is 1. The molecule has 2 N–H and O–H groups in total. The summed E-state index contributed by atoms with van der Waals surface area (Å²) in [7, 11) is 0. The lowest BCUT2D eigenvalue weighted by molar-refractivity contribution is 0.113. The smallest absolute Gasteiger partial charge is 0.141 e. The summed E-state index contributed by atoms with van der Waals surface area (Å²) in [5.41, 5.74) is 1.92. The number of aliphatic hydroxyl groups is 1. The Kier molecular flexibility index (Phi) is 6.59. The lowest BCUT2D eigenvalue weighted by atomic mass is 10.0. The van der Waals surface area contributed by atoms with Gasteiger partial charge in [0, 0.05) is 50.9 Å². The molecule has 5 nitrogen and oxygen atoms in total. The van der Waals surface area contributed by atoms with E-state index in [4.69, 9.17) is 5.11 Å². The summed E-state index contributed by atoms with van der Waals surface area (Å²) < 4.78 is 0. The summed E-state index contributed by atoms with van der Waals surface area (Å²) in [6.07, 6.45) is 2.68. The van der Waals surface area contributed by atoms with Gasteiger partial charge in [-0.05, 0) is 24.1 Å². The zero-order valence-corrected chi connectivity index (χ0v) is 14.0. The van der Waals surface area contributed by atoms with Crippen molar-refractivity contribution in [2.45, 2.75) is 6.42 Å². The van der Waals surface area contributed by atoms with E-state index in [0.29, 0.717) is 5.52 Å². The molecule has 1 aromatic heterocycles. The first-order chi connectivity index (χ1) is 10.8. The standard InChI is InChI=1S/C17H23N3O2.ClH/c21-13-12-20-10-8-19(9-11-20)7-5-14-3-4-16(22)17-15(14)2-1-6-18-17;/h1-4,6,21-22H,5,7-13H2;1H. The molecule has 0 atom stereocenters. The van der Waals surface area contributed by atoms with Crippen LogP contribution in [0.25, 0.3) is 10.9 Å². The maximum atomic E-state index is 9.89. The van der Waals surface area contributed by atoms with E-state index in [9.17, 15) is 5.11 Å². The van der Waals surface area contributed by atoms with Crippen LogP contribution >= 0.6 is 12.4 Å². The van der Waals surface area contributed by atoms with Crippen molar-refractivity contribution < 1.29 is 10.2 Å². The van der Waals surface area contributed by atoms with E-state index in [1.165, 1.54) is 5.56 Å². The maximum Gasteiger partial charge on any atom is 0.141 e. The lowest BCUT2D eigenvalue weighted by Crippen LogP contribution is -2.47. The number of aliphatic hydroxyl groups excluding tert-OH is 1. The Hall–Kier alpha value is -1.40. The van der Waals surface area contributed by atoms with Crippen molar-refractivity contribution in [1.29, 1.82) is 0 Å². The van der Waals surface area contributed by atoms with Gasteiger partial charge >= 0.3 is 0 Å². The van der Waals surface area contributed by atoms with Crippen LogP contribution in [-0.2, 0) is 6.42 Å². The number of phenolic OH excluding ortho intramolecular Hbond substituents is 1. The maximum absolute atomic E-state index is 9.89. The van der Waals surface area contributed by atoms with Gasteiger partial charge in [0.1, 0.15) is 11.3 Å². The molecular weight excluding hydrogens is 314 g/mol. The molecule has 1 aliphatic heterocycles. The van der Waals surface area contributed by atoms with Crippen LogP contribution in [-0.4, -0.2) is 70.9 Å². The van der Waals surface area contributed by atoms with Crippen molar-refractivity contribution in [1.82, 2.24) is 14.8 Å². The Bertz CT molecular complexity index is 630. The largest absolute Gasteiger partial charge is 0.506 e. The first-order valence-electron chi connectivity index (χ1n) is 7.89. The summed E-state index contributed by atoms with van der Waals surface area (Å²) in [6.45, 7) is 6.19. The molecule has 6 heteroatoms. The number of hydrogen-bond acceptors (Lipinski definition) is 5. The average Bonchev–Trinajstić information content (AvgIpc) is 2.56. The number of aromatic hydroxyl groups is 1. The number of β-amino-alcohol motifs (C(OH)–C–C–N with tert-alkyl or cyclic N) is 1. The van der Waals surface area contributed by atoms with Crippen molar-refractivity contribution in [3.63, 3.8) is 0 Å². The average molecular weight is 338 g/mol. The van der Waals surface area contributed by atoms with E-state index in [1.54, 1.807) is 12.3 Å². The van der Waals surface area contributed by atoms with Gasteiger partial charge in [0.25, 0.3) is 0 Å². The minimum Gasteiger partial charge on any atom is -0.506 e. The Balaban J connectivity index is 0.00000192. The Morgan fingerprint density at radius 1 is 1.00 bits per heavy atom. The third-order valence-corrected chi connectivity index (χ3v) is 4.42. The monoisotopic (exact) mass is 337 g/mol. The highest BCUT2D eigenvalue weighted by molar-refractivity contribution is 5.87. The van der Waals surface area contributed by atoms with Crippen LogP contribution < -0.4 is 0 Å². The van der Waals surface area contributed by atoms with Crippen LogP contribution in [0.1, 0.15) is 5.56 Å². The first-order valence-corrected chi connectivity index (χ1v) is 7.89. The van der Waals surface area contributed by atoms with Crippen molar-refractivity contribution in [2.75, 3.05) is 45.9 Å². The summed E-state index contributed by atoms with van der Waals surface area (Å²) in [5, 5.41) is 19.9. The van der Waals surface area contributed by atoms with Gasteiger partial charge < -0.3 is 15.1 Å². The summed E-state index contributed by atoms with van der Waals surface area (Å²) in [5.74, 6) is 0.247. The fraction of sp³-hybridized carbons (Fsp3) is 0.471. The predicted octanol–water partition coefficient (Wildman–Crippen LogP) is 1.51. The third kappa shape index (κ3) is 4.32. The van der Waals surface area contributed by atoms with E-state index in [0.717, 1.165) is 51.1 Å². The van der Waals surface area contributed by atoms with E-state index in [2.05, 4.69) is 14.8 Å². The number of benzene rings is 1. The second-order valence-corrected chi connectivity index (χ2v) is 5.80. The molecule has 0 radical (unpaired) electrons. The zero-order chi connectivity index (χ0) is 15.4. The molecule has 126 valence electrons. The second kappa shape index (κ2) is 8.45. The highest BCUT2D eigenvalue weighted by atomic mass is 35.5. The van der Waals surface area contributed by atoms with Gasteiger partial charge in [0.05, 0.1) is 6.61 Å². The third-order valence-electron chi connectivity index (χ3n) is 4.42. The molecule has 1 aliphatic rings. The number of phenols is 1. The summed E-state index contributed by atoms with van der Waals surface area (Å²) in [6, 6.07) is 7.68. The van der Waals surface area contributed by atoms with Gasteiger partial charge in [-0.25, -0.2) is 0 Å². The molecular formula is C17H24ClN3O2. The van der Waals surface area contributed by atoms with Crippen molar-refractivity contribution in [2.24, 2.45) is 0 Å². The number of fused-ring (bicyclic) bond motifs is 1. The Morgan fingerprint density at radius 2 is 1.70 bits per heavy atom. The zero-order valence-electron chi connectivity index (χ0n) is 13.2. The summed E-state index contributed by atoms with van der Waals surface area (Å²) >= 11 is 0. The minimum absolute atomic E-state index is 0. The molecule has 0 bridgehead atoms. The predicted molar refractivity (Wildman–Crippen MR) is 94.3 cm³/mol. The van der Waals surface area contributed by atoms with Gasteiger partial charge in [-0.2, -0.15) is 0 Å². The molecule has 0 spiro atoms. The molecule has 1 saturated heterocycles. The number of piperazine rings is 1. The molecule has 2 heterocycles. The number of rotatable bonds is 5. The van der Waals surface area contributed by atoms with Crippen LogP contribution in [0.4, 0.5) is 0 Å². The van der Waals surface area contributed by atoms with E-state index >= 15 is 0 Å². The van der Waals surface area contributed by atoms with Crippen molar-refractivity contribution in [3.05, 3.63) is 36.0 Å². The van der Waals surface area contributed by atoms with Gasteiger partial charge in [-0.15, -0.1) is 12.4 Å². The number of aromatic nitrogens is 1. The molecule has 3 rings (SSSR count). The van der Waals surface area contributed by atoms with Crippen molar-refractivity contribution >= 4 is 23.3 Å². The fourth-order valence-electron chi connectivity index (χ4n) is 3.09. The molecule has 0 aliphatic carbocycles. The topological polar surface area (TPSA) is 59.8 Å². The highest BCUT2D eigenvalue weighted by Crippen LogP contribution is 2.25.